The van der Waals surface area contributed by atoms with Crippen molar-refractivity contribution in [2.45, 2.75) is 6.42 Å². The first-order chi connectivity index (χ1) is 12.0. The Balaban J connectivity index is 1.73. The van der Waals surface area contributed by atoms with Crippen molar-refractivity contribution >= 4 is 34.0 Å². The lowest BCUT2D eigenvalue weighted by atomic mass is 10.2. The highest BCUT2D eigenvalue weighted by Gasteiger charge is 2.22. The molecule has 3 rings (SSSR count). The van der Waals surface area contributed by atoms with Crippen LogP contribution in [0.1, 0.15) is 15.4 Å². The Hall–Kier alpha value is -2.52. The fourth-order valence-corrected chi connectivity index (χ4v) is 3.42. The van der Waals surface area contributed by atoms with Gasteiger partial charge in [0.15, 0.2) is 5.13 Å². The van der Waals surface area contributed by atoms with Gasteiger partial charge in [-0.1, -0.05) is 11.3 Å². The number of aromatic nitrogens is 1. The van der Waals surface area contributed by atoms with E-state index < -0.39 is 5.91 Å². The van der Waals surface area contributed by atoms with Crippen molar-refractivity contribution in [2.24, 2.45) is 5.73 Å². The van der Waals surface area contributed by atoms with Gasteiger partial charge in [0, 0.05) is 18.8 Å². The van der Waals surface area contributed by atoms with Crippen molar-refractivity contribution in [3.8, 4) is 0 Å². The molecule has 1 aliphatic rings. The zero-order valence-electron chi connectivity index (χ0n) is 13.3. The summed E-state index contributed by atoms with van der Waals surface area (Å²) >= 11 is 1.18. The quantitative estimate of drug-likeness (QED) is 0.836. The Labute approximate surface area is 147 Å². The molecule has 0 spiro atoms. The zero-order chi connectivity index (χ0) is 17.8. The number of thiazole rings is 1. The molecule has 1 aliphatic heterocycles. The summed E-state index contributed by atoms with van der Waals surface area (Å²) in [6.07, 6.45) is -0.0868. The van der Waals surface area contributed by atoms with Crippen LogP contribution in [-0.2, 0) is 16.0 Å². The second-order valence-corrected chi connectivity index (χ2v) is 6.45. The molecule has 0 radical (unpaired) electrons. The van der Waals surface area contributed by atoms with Gasteiger partial charge in [-0.2, -0.15) is 0 Å². The van der Waals surface area contributed by atoms with E-state index in [1.807, 2.05) is 4.90 Å². The smallest absolute Gasteiger partial charge is 0.260 e. The minimum absolute atomic E-state index is 0.0868. The van der Waals surface area contributed by atoms with E-state index in [2.05, 4.69) is 10.3 Å². The Kier molecular flexibility index (Phi) is 5.25. The molecule has 2 amide bonds. The molecule has 1 aromatic heterocycles. The maximum absolute atomic E-state index is 12.9. The maximum atomic E-state index is 12.9. The second-order valence-electron chi connectivity index (χ2n) is 5.47. The zero-order valence-corrected chi connectivity index (χ0v) is 14.1. The Morgan fingerprint density at radius 1 is 1.28 bits per heavy atom. The SMILES string of the molecule is NC(=O)c1sc(N2CCOCC2)nc1CC(=O)Nc1ccc(F)cc1. The molecular weight excluding hydrogens is 347 g/mol. The largest absolute Gasteiger partial charge is 0.378 e. The molecule has 0 unspecified atom stereocenters. The van der Waals surface area contributed by atoms with Gasteiger partial charge in [-0.15, -0.1) is 0 Å². The van der Waals surface area contributed by atoms with E-state index in [9.17, 15) is 14.0 Å². The fourth-order valence-electron chi connectivity index (χ4n) is 2.43. The molecular formula is C16H17FN4O3S. The third kappa shape index (κ3) is 4.31. The highest BCUT2D eigenvalue weighted by atomic mass is 32.1. The number of ether oxygens (including phenoxy) is 1. The van der Waals surface area contributed by atoms with E-state index in [0.29, 0.717) is 42.8 Å². The number of primary amides is 1. The number of hydrogen-bond donors (Lipinski definition) is 2. The summed E-state index contributed by atoms with van der Waals surface area (Å²) in [6.45, 7) is 2.53. The normalized spacial score (nSPS) is 14.4. The lowest BCUT2D eigenvalue weighted by Crippen LogP contribution is -2.36. The van der Waals surface area contributed by atoms with Crippen LogP contribution in [-0.4, -0.2) is 43.1 Å². The first-order valence-corrected chi connectivity index (χ1v) is 8.52. The van der Waals surface area contributed by atoms with E-state index >= 15 is 0 Å². The van der Waals surface area contributed by atoms with Gasteiger partial charge in [0.2, 0.25) is 5.91 Å². The third-order valence-corrected chi connectivity index (χ3v) is 4.82. The number of nitrogens with one attached hydrogen (secondary N) is 1. The lowest BCUT2D eigenvalue weighted by molar-refractivity contribution is -0.115. The number of carbonyl (C=O) groups is 2. The molecule has 132 valence electrons. The van der Waals surface area contributed by atoms with Gasteiger partial charge >= 0.3 is 0 Å². The predicted octanol–water partition coefficient (Wildman–Crippen LogP) is 1.40. The van der Waals surface area contributed by atoms with Crippen molar-refractivity contribution in [2.75, 3.05) is 36.5 Å². The van der Waals surface area contributed by atoms with Crippen LogP contribution in [0.15, 0.2) is 24.3 Å². The van der Waals surface area contributed by atoms with Crippen LogP contribution in [0, 0.1) is 5.82 Å². The Bertz CT molecular complexity index is 772. The molecule has 0 saturated carbocycles. The molecule has 0 bridgehead atoms. The summed E-state index contributed by atoms with van der Waals surface area (Å²) in [4.78, 5) is 30.6. The summed E-state index contributed by atoms with van der Waals surface area (Å²) in [5.74, 6) is -1.35. The van der Waals surface area contributed by atoms with Crippen LogP contribution in [0.3, 0.4) is 0 Å². The average molecular weight is 364 g/mol. The summed E-state index contributed by atoms with van der Waals surface area (Å²) < 4.78 is 18.2. The van der Waals surface area contributed by atoms with Crippen LogP contribution in [0.5, 0.6) is 0 Å². The standard InChI is InChI=1S/C16H17FN4O3S/c17-10-1-3-11(4-2-10)19-13(22)9-12-14(15(18)23)25-16(20-12)21-5-7-24-8-6-21/h1-4H,5-9H2,(H2,18,23)(H,19,22). The van der Waals surface area contributed by atoms with Crippen molar-refractivity contribution < 1.29 is 18.7 Å². The molecule has 9 heteroatoms. The van der Waals surface area contributed by atoms with Gasteiger partial charge in [-0.3, -0.25) is 9.59 Å². The van der Waals surface area contributed by atoms with Gasteiger partial charge in [0.1, 0.15) is 10.7 Å². The van der Waals surface area contributed by atoms with Crippen LogP contribution < -0.4 is 16.0 Å². The van der Waals surface area contributed by atoms with Crippen LogP contribution in [0.4, 0.5) is 15.2 Å². The highest BCUT2D eigenvalue weighted by Crippen LogP contribution is 2.27. The summed E-state index contributed by atoms with van der Waals surface area (Å²) in [6, 6.07) is 5.43. The molecule has 7 nitrogen and oxygen atoms in total. The topological polar surface area (TPSA) is 97.6 Å². The highest BCUT2D eigenvalue weighted by molar-refractivity contribution is 7.17. The second kappa shape index (κ2) is 7.58. The number of anilines is 2. The number of nitrogens with zero attached hydrogens (tertiary/aromatic N) is 2. The van der Waals surface area contributed by atoms with E-state index in [0.717, 1.165) is 0 Å². The van der Waals surface area contributed by atoms with Crippen LogP contribution >= 0.6 is 11.3 Å². The van der Waals surface area contributed by atoms with Crippen molar-refractivity contribution in [1.82, 2.24) is 4.98 Å². The van der Waals surface area contributed by atoms with E-state index in [1.165, 1.54) is 35.6 Å². The molecule has 2 aromatic rings. The van der Waals surface area contributed by atoms with Gasteiger partial charge in [-0.25, -0.2) is 9.37 Å². The summed E-state index contributed by atoms with van der Waals surface area (Å²) in [5, 5.41) is 3.30. The first-order valence-electron chi connectivity index (χ1n) is 7.70. The minimum Gasteiger partial charge on any atom is -0.378 e. The molecule has 0 aliphatic carbocycles. The average Bonchev–Trinajstić information content (AvgIpc) is 3.02. The number of benzene rings is 1. The summed E-state index contributed by atoms with van der Waals surface area (Å²) in [7, 11) is 0. The van der Waals surface area contributed by atoms with Crippen molar-refractivity contribution in [1.29, 1.82) is 0 Å². The lowest BCUT2D eigenvalue weighted by Gasteiger charge is -2.26. The molecule has 2 heterocycles. The van der Waals surface area contributed by atoms with Gasteiger partial charge < -0.3 is 20.7 Å². The number of rotatable bonds is 5. The van der Waals surface area contributed by atoms with Gasteiger partial charge in [0.05, 0.1) is 25.3 Å². The monoisotopic (exact) mass is 364 g/mol. The first kappa shape index (κ1) is 17.3. The Morgan fingerprint density at radius 3 is 2.60 bits per heavy atom. The number of halogens is 1. The van der Waals surface area contributed by atoms with E-state index in [-0.39, 0.29) is 23.0 Å². The molecule has 0 atom stereocenters. The predicted molar refractivity (Wildman–Crippen MR) is 92.4 cm³/mol. The molecule has 3 N–H and O–H groups in total. The minimum atomic E-state index is -0.610. The molecule has 1 saturated heterocycles. The number of carbonyl (C=O) groups excluding carboxylic acids is 2. The molecule has 25 heavy (non-hydrogen) atoms. The van der Waals surface area contributed by atoms with Crippen LogP contribution in [0.25, 0.3) is 0 Å². The Morgan fingerprint density at radius 2 is 1.96 bits per heavy atom. The number of morpholine rings is 1. The fraction of sp³-hybridized carbons (Fsp3) is 0.312. The van der Waals surface area contributed by atoms with Crippen molar-refractivity contribution in [3.63, 3.8) is 0 Å². The van der Waals surface area contributed by atoms with Gasteiger partial charge in [0.25, 0.3) is 5.91 Å². The number of amides is 2. The number of nitrogens with two attached hydrogens (primary N) is 1. The third-order valence-electron chi connectivity index (χ3n) is 3.65. The molecule has 1 fully saturated rings. The van der Waals surface area contributed by atoms with E-state index in [4.69, 9.17) is 10.5 Å². The maximum Gasteiger partial charge on any atom is 0.260 e. The van der Waals surface area contributed by atoms with Crippen molar-refractivity contribution in [3.05, 3.63) is 40.7 Å². The van der Waals surface area contributed by atoms with Gasteiger partial charge in [-0.05, 0) is 24.3 Å². The summed E-state index contributed by atoms with van der Waals surface area (Å²) in [5.41, 5.74) is 6.23. The van der Waals surface area contributed by atoms with E-state index in [1.54, 1.807) is 0 Å². The number of hydrogen-bond acceptors (Lipinski definition) is 6. The van der Waals surface area contributed by atoms with Crippen LogP contribution in [0.2, 0.25) is 0 Å². The molecule has 1 aromatic carbocycles.